The molecule has 0 bridgehead atoms. The maximum atomic E-state index is 4.46. The molecule has 2 N–H and O–H groups in total. The Kier molecular flexibility index (Phi) is 4.71. The van der Waals surface area contributed by atoms with E-state index in [4.69, 9.17) is 0 Å². The van der Waals surface area contributed by atoms with E-state index in [-0.39, 0.29) is 0 Å². The maximum Gasteiger partial charge on any atom is 0.229 e. The molecule has 20 heavy (non-hydrogen) atoms. The molecule has 0 aliphatic heterocycles. The number of para-hydroxylation sites is 1. The molecule has 0 aliphatic rings. The van der Waals surface area contributed by atoms with Crippen LogP contribution < -0.4 is 10.6 Å². The summed E-state index contributed by atoms with van der Waals surface area (Å²) >= 11 is 0. The summed E-state index contributed by atoms with van der Waals surface area (Å²) in [6.07, 6.45) is 2.77. The van der Waals surface area contributed by atoms with Crippen LogP contribution in [-0.2, 0) is 6.42 Å². The van der Waals surface area contributed by atoms with Crippen LogP contribution >= 0.6 is 0 Å². The summed E-state index contributed by atoms with van der Waals surface area (Å²) < 4.78 is 0. The van der Waals surface area contributed by atoms with Gasteiger partial charge in [-0.3, -0.25) is 0 Å². The lowest BCUT2D eigenvalue weighted by atomic mass is 10.1. The highest BCUT2D eigenvalue weighted by Crippen LogP contribution is 2.20. The summed E-state index contributed by atoms with van der Waals surface area (Å²) in [5.41, 5.74) is 3.22. The molecule has 0 unspecified atom stereocenters. The van der Waals surface area contributed by atoms with Gasteiger partial charge in [-0.1, -0.05) is 31.2 Å². The molecule has 4 nitrogen and oxygen atoms in total. The van der Waals surface area contributed by atoms with Crippen LogP contribution in [0.25, 0.3) is 0 Å². The molecule has 0 fully saturated rings. The number of aryl methyl sites for hydroxylation is 2. The van der Waals surface area contributed by atoms with Crippen LogP contribution in [0.1, 0.15) is 18.2 Å². The van der Waals surface area contributed by atoms with Crippen LogP contribution in [0.5, 0.6) is 0 Å². The predicted molar refractivity (Wildman–Crippen MR) is 84.6 cm³/mol. The fourth-order valence-corrected chi connectivity index (χ4v) is 1.96. The second-order valence-electron chi connectivity index (χ2n) is 4.52. The molecule has 0 saturated carbocycles. The SMILES string of the molecule is C=CCNc1cc(C)nc(Nc2ccccc2CC)n1. The Morgan fingerprint density at radius 1 is 1.25 bits per heavy atom. The van der Waals surface area contributed by atoms with E-state index in [1.807, 2.05) is 31.2 Å². The van der Waals surface area contributed by atoms with E-state index in [1.54, 1.807) is 6.08 Å². The van der Waals surface area contributed by atoms with Crippen LogP contribution in [0, 0.1) is 6.92 Å². The monoisotopic (exact) mass is 268 g/mol. The molecule has 104 valence electrons. The first-order chi connectivity index (χ1) is 9.72. The van der Waals surface area contributed by atoms with Gasteiger partial charge in [0.2, 0.25) is 5.95 Å². The van der Waals surface area contributed by atoms with Crippen molar-refractivity contribution >= 4 is 17.5 Å². The molecule has 1 aromatic carbocycles. The van der Waals surface area contributed by atoms with Gasteiger partial charge in [0, 0.05) is 24.0 Å². The van der Waals surface area contributed by atoms with Gasteiger partial charge in [-0.2, -0.15) is 4.98 Å². The Balaban J connectivity index is 2.24. The highest BCUT2D eigenvalue weighted by atomic mass is 15.1. The van der Waals surface area contributed by atoms with Crippen molar-refractivity contribution in [3.8, 4) is 0 Å². The quantitative estimate of drug-likeness (QED) is 0.784. The van der Waals surface area contributed by atoms with E-state index in [9.17, 15) is 0 Å². The van der Waals surface area contributed by atoms with Gasteiger partial charge in [-0.05, 0) is 25.0 Å². The summed E-state index contributed by atoms with van der Waals surface area (Å²) in [4.78, 5) is 8.89. The first-order valence-corrected chi connectivity index (χ1v) is 6.78. The van der Waals surface area contributed by atoms with Gasteiger partial charge in [0.25, 0.3) is 0 Å². The third-order valence-corrected chi connectivity index (χ3v) is 2.93. The molecule has 0 saturated heterocycles. The van der Waals surface area contributed by atoms with E-state index in [0.29, 0.717) is 12.5 Å². The minimum Gasteiger partial charge on any atom is -0.366 e. The van der Waals surface area contributed by atoms with E-state index in [2.05, 4.69) is 40.2 Å². The van der Waals surface area contributed by atoms with Crippen molar-refractivity contribution in [2.45, 2.75) is 20.3 Å². The zero-order valence-electron chi connectivity index (χ0n) is 12.0. The predicted octanol–water partition coefficient (Wildman–Crippen LogP) is 3.69. The molecule has 0 atom stereocenters. The molecule has 0 spiro atoms. The Morgan fingerprint density at radius 2 is 2.05 bits per heavy atom. The van der Waals surface area contributed by atoms with E-state index in [1.165, 1.54) is 5.56 Å². The van der Waals surface area contributed by atoms with E-state index in [0.717, 1.165) is 23.6 Å². The zero-order valence-corrected chi connectivity index (χ0v) is 12.0. The molecule has 0 amide bonds. The number of hydrogen-bond donors (Lipinski definition) is 2. The van der Waals surface area contributed by atoms with Crippen molar-refractivity contribution in [3.05, 3.63) is 54.2 Å². The van der Waals surface area contributed by atoms with Gasteiger partial charge >= 0.3 is 0 Å². The molecule has 4 heteroatoms. The molecule has 1 heterocycles. The third-order valence-electron chi connectivity index (χ3n) is 2.93. The molecule has 1 aromatic heterocycles. The van der Waals surface area contributed by atoms with Gasteiger partial charge in [0.1, 0.15) is 5.82 Å². The minimum absolute atomic E-state index is 0.609. The normalized spacial score (nSPS) is 10.1. The van der Waals surface area contributed by atoms with Crippen molar-refractivity contribution in [2.75, 3.05) is 17.2 Å². The number of hydrogen-bond acceptors (Lipinski definition) is 4. The molecular formula is C16H20N4. The molecular weight excluding hydrogens is 248 g/mol. The highest BCUT2D eigenvalue weighted by molar-refractivity contribution is 5.59. The van der Waals surface area contributed by atoms with Crippen molar-refractivity contribution < 1.29 is 0 Å². The van der Waals surface area contributed by atoms with Gasteiger partial charge in [0.05, 0.1) is 0 Å². The van der Waals surface area contributed by atoms with Crippen LogP contribution in [0.15, 0.2) is 43.0 Å². The summed E-state index contributed by atoms with van der Waals surface area (Å²) in [6, 6.07) is 10.1. The average Bonchev–Trinajstić information content (AvgIpc) is 2.45. The molecule has 2 aromatic rings. The van der Waals surface area contributed by atoms with Crippen molar-refractivity contribution in [3.63, 3.8) is 0 Å². The third kappa shape index (κ3) is 3.57. The molecule has 0 radical (unpaired) electrons. The zero-order chi connectivity index (χ0) is 14.4. The Bertz CT molecular complexity index is 593. The second kappa shape index (κ2) is 6.70. The number of nitrogens with zero attached hydrogens (tertiary/aromatic N) is 2. The first kappa shape index (κ1) is 14.1. The number of benzene rings is 1. The standard InChI is InChI=1S/C16H20N4/c1-4-10-17-15-11-12(3)18-16(20-15)19-14-9-7-6-8-13(14)5-2/h4,6-9,11H,1,5,10H2,2-3H3,(H2,17,18,19,20). The maximum absolute atomic E-state index is 4.46. The fraction of sp³-hybridized carbons (Fsp3) is 0.250. The van der Waals surface area contributed by atoms with E-state index < -0.39 is 0 Å². The number of anilines is 3. The summed E-state index contributed by atoms with van der Waals surface area (Å²) in [5.74, 6) is 1.41. The van der Waals surface area contributed by atoms with Crippen molar-refractivity contribution in [2.24, 2.45) is 0 Å². The largest absolute Gasteiger partial charge is 0.366 e. The number of rotatable bonds is 6. The van der Waals surface area contributed by atoms with Crippen LogP contribution in [-0.4, -0.2) is 16.5 Å². The topological polar surface area (TPSA) is 49.8 Å². The lowest BCUT2D eigenvalue weighted by molar-refractivity contribution is 1.08. The van der Waals surface area contributed by atoms with Gasteiger partial charge in [-0.15, -0.1) is 6.58 Å². The summed E-state index contributed by atoms with van der Waals surface area (Å²) in [7, 11) is 0. The van der Waals surface area contributed by atoms with Gasteiger partial charge in [-0.25, -0.2) is 4.98 Å². The Labute approximate surface area is 120 Å². The highest BCUT2D eigenvalue weighted by Gasteiger charge is 2.04. The van der Waals surface area contributed by atoms with Crippen molar-refractivity contribution in [1.29, 1.82) is 0 Å². The van der Waals surface area contributed by atoms with E-state index >= 15 is 0 Å². The van der Waals surface area contributed by atoms with Gasteiger partial charge < -0.3 is 10.6 Å². The second-order valence-corrected chi connectivity index (χ2v) is 4.52. The lowest BCUT2D eigenvalue weighted by Gasteiger charge is -2.11. The Morgan fingerprint density at radius 3 is 2.80 bits per heavy atom. The average molecular weight is 268 g/mol. The number of aromatic nitrogens is 2. The summed E-state index contributed by atoms with van der Waals surface area (Å²) in [6.45, 7) is 8.46. The van der Waals surface area contributed by atoms with Crippen molar-refractivity contribution in [1.82, 2.24) is 9.97 Å². The molecule has 2 rings (SSSR count). The smallest absolute Gasteiger partial charge is 0.229 e. The minimum atomic E-state index is 0.609. The van der Waals surface area contributed by atoms with Crippen LogP contribution in [0.4, 0.5) is 17.5 Å². The Hall–Kier alpha value is -2.36. The van der Waals surface area contributed by atoms with Crippen LogP contribution in [0.2, 0.25) is 0 Å². The first-order valence-electron chi connectivity index (χ1n) is 6.78. The van der Waals surface area contributed by atoms with Crippen LogP contribution in [0.3, 0.4) is 0 Å². The van der Waals surface area contributed by atoms with Gasteiger partial charge in [0.15, 0.2) is 0 Å². The summed E-state index contributed by atoms with van der Waals surface area (Å²) in [5, 5.41) is 6.47. The lowest BCUT2D eigenvalue weighted by Crippen LogP contribution is -2.06. The molecule has 0 aliphatic carbocycles. The number of nitrogens with one attached hydrogen (secondary N) is 2. The fourth-order valence-electron chi connectivity index (χ4n) is 1.96.